The van der Waals surface area contributed by atoms with E-state index >= 15 is 0 Å². The first-order valence-electron chi connectivity index (χ1n) is 7.82. The van der Waals surface area contributed by atoms with Gasteiger partial charge >= 0.3 is 0 Å². The maximum atomic E-state index is 11.9. The molecule has 7 nitrogen and oxygen atoms in total. The van der Waals surface area contributed by atoms with Gasteiger partial charge in [0.1, 0.15) is 6.04 Å². The second kappa shape index (κ2) is 8.12. The van der Waals surface area contributed by atoms with Crippen LogP contribution in [0.15, 0.2) is 24.3 Å². The van der Waals surface area contributed by atoms with Crippen LogP contribution in [0.3, 0.4) is 0 Å². The third-order valence-electron chi connectivity index (χ3n) is 4.29. The molecule has 2 aliphatic rings. The first kappa shape index (κ1) is 18.2. The summed E-state index contributed by atoms with van der Waals surface area (Å²) in [6.45, 7) is 3.81. The van der Waals surface area contributed by atoms with Crippen LogP contribution in [0, 0.1) is 0 Å². The van der Waals surface area contributed by atoms with E-state index < -0.39 is 11.9 Å². The van der Waals surface area contributed by atoms with Crippen LogP contribution in [0.5, 0.6) is 0 Å². The Morgan fingerprint density at radius 1 is 1.12 bits per heavy atom. The van der Waals surface area contributed by atoms with E-state index in [9.17, 15) is 14.4 Å². The fraction of sp³-hybridized carbons (Fsp3) is 0.438. The predicted octanol–water partition coefficient (Wildman–Crippen LogP) is 0.286. The molecule has 2 N–H and O–H groups in total. The van der Waals surface area contributed by atoms with E-state index in [0.29, 0.717) is 18.5 Å². The Balaban J connectivity index is 0.00000208. The monoisotopic (exact) mass is 352 g/mol. The van der Waals surface area contributed by atoms with Gasteiger partial charge < -0.3 is 15.1 Å². The Bertz CT molecular complexity index is 602. The number of nitrogens with one attached hydrogen (secondary N) is 2. The maximum Gasteiger partial charge on any atom is 0.249 e. The lowest BCUT2D eigenvalue weighted by molar-refractivity contribution is -0.134. The molecular weight excluding hydrogens is 332 g/mol. The number of nitrogens with zero attached hydrogens (tertiary/aromatic N) is 2. The Morgan fingerprint density at radius 3 is 2.38 bits per heavy atom. The fourth-order valence-electron chi connectivity index (χ4n) is 3.02. The van der Waals surface area contributed by atoms with Crippen LogP contribution in [0.25, 0.3) is 0 Å². The normalized spacial score (nSPS) is 20.8. The van der Waals surface area contributed by atoms with Crippen molar-refractivity contribution >= 4 is 42.0 Å². The van der Waals surface area contributed by atoms with Gasteiger partial charge in [-0.15, -0.1) is 12.4 Å². The molecule has 1 aromatic rings. The summed E-state index contributed by atoms with van der Waals surface area (Å²) in [6, 6.07) is 6.98. The molecule has 2 saturated heterocycles. The van der Waals surface area contributed by atoms with Crippen molar-refractivity contribution < 1.29 is 14.4 Å². The highest BCUT2D eigenvalue weighted by molar-refractivity contribution is 6.03. The van der Waals surface area contributed by atoms with Gasteiger partial charge in [-0.25, -0.2) is 0 Å². The Kier molecular flexibility index (Phi) is 6.16. The van der Waals surface area contributed by atoms with Crippen molar-refractivity contribution in [3.8, 4) is 0 Å². The van der Waals surface area contributed by atoms with Crippen molar-refractivity contribution in [2.24, 2.45) is 0 Å². The van der Waals surface area contributed by atoms with Gasteiger partial charge in [-0.3, -0.25) is 19.7 Å². The van der Waals surface area contributed by atoms with Gasteiger partial charge in [-0.2, -0.15) is 0 Å². The Labute approximate surface area is 146 Å². The number of hydrogen-bond acceptors (Lipinski definition) is 5. The average Bonchev–Trinajstić information content (AvgIpc) is 2.59. The highest BCUT2D eigenvalue weighted by Gasteiger charge is 2.31. The lowest BCUT2D eigenvalue weighted by Crippen LogP contribution is -2.52. The topological polar surface area (TPSA) is 81.8 Å². The SMILES string of the molecule is Cl.O=CN(c1ccc(N2CCNCC2)cc1)C1CCC(=O)NC1=O. The van der Waals surface area contributed by atoms with Crippen LogP contribution in [0.1, 0.15) is 12.8 Å². The van der Waals surface area contributed by atoms with Gasteiger partial charge in [-0.05, 0) is 30.7 Å². The number of piperazine rings is 1. The summed E-state index contributed by atoms with van der Waals surface area (Å²) in [5, 5.41) is 5.59. The minimum Gasteiger partial charge on any atom is -0.369 e. The summed E-state index contributed by atoms with van der Waals surface area (Å²) >= 11 is 0. The Morgan fingerprint density at radius 2 is 1.79 bits per heavy atom. The molecule has 0 spiro atoms. The average molecular weight is 353 g/mol. The summed E-state index contributed by atoms with van der Waals surface area (Å²) in [5.74, 6) is -0.703. The molecule has 24 heavy (non-hydrogen) atoms. The van der Waals surface area contributed by atoms with Crippen LogP contribution in [0.2, 0.25) is 0 Å². The molecule has 3 rings (SSSR count). The van der Waals surface area contributed by atoms with Gasteiger partial charge in [0.15, 0.2) is 0 Å². The molecule has 2 heterocycles. The largest absolute Gasteiger partial charge is 0.369 e. The van der Waals surface area contributed by atoms with Gasteiger partial charge in [0, 0.05) is 44.0 Å². The van der Waals surface area contributed by atoms with Crippen LogP contribution in [-0.2, 0) is 14.4 Å². The van der Waals surface area contributed by atoms with Crippen LogP contribution in [0.4, 0.5) is 11.4 Å². The molecule has 3 amide bonds. The quantitative estimate of drug-likeness (QED) is 0.601. The predicted molar refractivity (Wildman–Crippen MR) is 93.5 cm³/mol. The lowest BCUT2D eigenvalue weighted by Gasteiger charge is -2.31. The van der Waals surface area contributed by atoms with E-state index in [2.05, 4.69) is 15.5 Å². The molecule has 2 aliphatic heterocycles. The van der Waals surface area contributed by atoms with Crippen LogP contribution < -0.4 is 20.4 Å². The number of hydrogen-bond donors (Lipinski definition) is 2. The third kappa shape index (κ3) is 3.85. The van der Waals surface area contributed by atoms with Gasteiger partial charge in [-0.1, -0.05) is 0 Å². The summed E-state index contributed by atoms with van der Waals surface area (Å²) in [4.78, 5) is 38.3. The number of anilines is 2. The van der Waals surface area contributed by atoms with Crippen LogP contribution in [-0.4, -0.2) is 50.4 Å². The zero-order chi connectivity index (χ0) is 16.2. The van der Waals surface area contributed by atoms with Crippen molar-refractivity contribution in [2.75, 3.05) is 36.0 Å². The molecule has 8 heteroatoms. The molecule has 130 valence electrons. The highest BCUT2D eigenvalue weighted by Crippen LogP contribution is 2.24. The second-order valence-electron chi connectivity index (χ2n) is 5.73. The van der Waals surface area contributed by atoms with Crippen molar-refractivity contribution in [1.29, 1.82) is 0 Å². The lowest BCUT2D eigenvalue weighted by atomic mass is 10.0. The molecule has 1 aromatic carbocycles. The first-order valence-corrected chi connectivity index (χ1v) is 7.82. The van der Waals surface area contributed by atoms with E-state index in [4.69, 9.17) is 0 Å². The molecule has 1 unspecified atom stereocenters. The van der Waals surface area contributed by atoms with Gasteiger partial charge in [0.25, 0.3) is 0 Å². The summed E-state index contributed by atoms with van der Waals surface area (Å²) < 4.78 is 0. The zero-order valence-corrected chi connectivity index (χ0v) is 14.1. The number of benzene rings is 1. The van der Waals surface area contributed by atoms with Gasteiger partial charge in [0.05, 0.1) is 0 Å². The minimum atomic E-state index is -0.629. The highest BCUT2D eigenvalue weighted by atomic mass is 35.5. The number of amides is 3. The molecule has 2 fully saturated rings. The van der Waals surface area contributed by atoms with Crippen molar-refractivity contribution in [2.45, 2.75) is 18.9 Å². The third-order valence-corrected chi connectivity index (χ3v) is 4.29. The van der Waals surface area contributed by atoms with Crippen molar-refractivity contribution in [1.82, 2.24) is 10.6 Å². The number of piperidine rings is 1. The van der Waals surface area contributed by atoms with E-state index in [1.165, 1.54) is 4.90 Å². The van der Waals surface area contributed by atoms with Crippen molar-refractivity contribution in [3.63, 3.8) is 0 Å². The smallest absolute Gasteiger partial charge is 0.249 e. The molecule has 1 atom stereocenters. The molecule has 0 aliphatic carbocycles. The number of carbonyl (C=O) groups is 3. The maximum absolute atomic E-state index is 11.9. The molecule has 0 radical (unpaired) electrons. The first-order chi connectivity index (χ1) is 11.2. The Hall–Kier alpha value is -2.12. The fourth-order valence-corrected chi connectivity index (χ4v) is 3.02. The van der Waals surface area contributed by atoms with E-state index in [0.717, 1.165) is 31.9 Å². The van der Waals surface area contributed by atoms with Crippen molar-refractivity contribution in [3.05, 3.63) is 24.3 Å². The van der Waals surface area contributed by atoms with Crippen LogP contribution >= 0.6 is 12.4 Å². The number of rotatable bonds is 4. The number of carbonyl (C=O) groups excluding carboxylic acids is 3. The number of halogens is 1. The zero-order valence-electron chi connectivity index (χ0n) is 13.2. The molecular formula is C16H21ClN4O3. The molecule has 0 saturated carbocycles. The summed E-state index contributed by atoms with van der Waals surface area (Å²) in [7, 11) is 0. The molecule has 0 aromatic heterocycles. The second-order valence-corrected chi connectivity index (χ2v) is 5.73. The summed E-state index contributed by atoms with van der Waals surface area (Å²) in [6.07, 6.45) is 1.25. The van der Waals surface area contributed by atoms with E-state index in [-0.39, 0.29) is 24.7 Å². The molecule has 0 bridgehead atoms. The minimum absolute atomic E-state index is 0. The van der Waals surface area contributed by atoms with E-state index in [1.807, 2.05) is 24.3 Å². The van der Waals surface area contributed by atoms with Gasteiger partial charge in [0.2, 0.25) is 18.2 Å². The number of imide groups is 1. The van der Waals surface area contributed by atoms with E-state index in [1.54, 1.807) is 0 Å². The summed E-state index contributed by atoms with van der Waals surface area (Å²) in [5.41, 5.74) is 1.76. The standard InChI is InChI=1S/C16H20N4O3.ClH/c21-11-20(14-5-6-15(22)18-16(14)23)13-3-1-12(2-4-13)19-9-7-17-8-10-19;/h1-4,11,14,17H,5-10H2,(H,18,22,23);1H.